The highest BCUT2D eigenvalue weighted by Crippen LogP contribution is 2.25. The normalized spacial score (nSPS) is 15.1. The molecule has 1 aliphatic rings. The number of hydrogen-bond donors (Lipinski definition) is 1. The Hall–Kier alpha value is -3.12. The smallest absolute Gasteiger partial charge is 0.251 e. The molecule has 2 bridgehead atoms. The van der Waals surface area contributed by atoms with E-state index in [0.717, 1.165) is 63.1 Å². The van der Waals surface area contributed by atoms with Gasteiger partial charge in [0, 0.05) is 44.0 Å². The molecule has 0 radical (unpaired) electrons. The average Bonchev–Trinajstić information content (AvgIpc) is 3.35. The predicted octanol–water partition coefficient (Wildman–Crippen LogP) is 4.68. The van der Waals surface area contributed by atoms with Gasteiger partial charge in [-0.15, -0.1) is 0 Å². The van der Waals surface area contributed by atoms with Crippen molar-refractivity contribution in [3.05, 3.63) is 83.4 Å². The molecule has 0 atom stereocenters. The molecule has 34 heavy (non-hydrogen) atoms. The number of unbranched alkanes of at least 4 members (excludes halogenated alkanes) is 1. The van der Waals surface area contributed by atoms with Crippen molar-refractivity contribution in [3.63, 3.8) is 0 Å². The second kappa shape index (κ2) is 12.4. The van der Waals surface area contributed by atoms with E-state index in [2.05, 4.69) is 51.1 Å². The molecule has 6 nitrogen and oxygen atoms in total. The number of benzene rings is 2. The number of amides is 1. The molecule has 1 N–H and O–H groups in total. The first kappa shape index (κ1) is 24.0. The van der Waals surface area contributed by atoms with E-state index in [0.29, 0.717) is 18.7 Å². The molecule has 0 aliphatic carbocycles. The summed E-state index contributed by atoms with van der Waals surface area (Å²) in [6, 6.07) is 14.6. The molecule has 3 aromatic rings. The van der Waals surface area contributed by atoms with Crippen molar-refractivity contribution in [3.8, 4) is 5.75 Å². The lowest BCUT2D eigenvalue weighted by Crippen LogP contribution is -2.24. The third kappa shape index (κ3) is 7.19. The minimum Gasteiger partial charge on any atom is -0.493 e. The van der Waals surface area contributed by atoms with Gasteiger partial charge >= 0.3 is 0 Å². The van der Waals surface area contributed by atoms with Gasteiger partial charge in [-0.25, -0.2) is 4.98 Å². The largest absolute Gasteiger partial charge is 0.493 e. The first-order valence-electron chi connectivity index (χ1n) is 12.4. The summed E-state index contributed by atoms with van der Waals surface area (Å²) in [5.74, 6) is 0.858. The number of imidazole rings is 1. The van der Waals surface area contributed by atoms with Crippen LogP contribution < -0.4 is 10.1 Å². The van der Waals surface area contributed by atoms with Crippen LogP contribution in [0.4, 0.5) is 0 Å². The van der Waals surface area contributed by atoms with Crippen LogP contribution in [-0.4, -0.2) is 47.1 Å². The molecule has 1 amide bonds. The lowest BCUT2D eigenvalue weighted by molar-refractivity contribution is 0.0952. The predicted molar refractivity (Wildman–Crippen MR) is 135 cm³/mol. The number of nitrogens with one attached hydrogen (secondary N) is 1. The van der Waals surface area contributed by atoms with E-state index in [1.54, 1.807) is 6.20 Å². The molecule has 0 saturated carbocycles. The third-order valence-corrected chi connectivity index (χ3v) is 6.29. The topological polar surface area (TPSA) is 59.4 Å². The van der Waals surface area contributed by atoms with Crippen LogP contribution >= 0.6 is 0 Å². The van der Waals surface area contributed by atoms with Crippen LogP contribution in [0.2, 0.25) is 0 Å². The maximum atomic E-state index is 12.8. The highest BCUT2D eigenvalue weighted by molar-refractivity contribution is 5.94. The van der Waals surface area contributed by atoms with Crippen LogP contribution in [0, 0.1) is 0 Å². The van der Waals surface area contributed by atoms with Gasteiger partial charge in [0.2, 0.25) is 0 Å². The molecule has 6 heteroatoms. The average molecular weight is 461 g/mol. The van der Waals surface area contributed by atoms with Crippen molar-refractivity contribution >= 4 is 5.91 Å². The number of aryl methyl sites for hydroxylation is 1. The Kier molecular flexibility index (Phi) is 8.74. The van der Waals surface area contributed by atoms with Crippen LogP contribution in [0.25, 0.3) is 0 Å². The Bertz CT molecular complexity index is 1050. The Morgan fingerprint density at radius 3 is 2.88 bits per heavy atom. The monoisotopic (exact) mass is 460 g/mol. The first-order valence-corrected chi connectivity index (χ1v) is 12.4. The molecular weight excluding hydrogens is 424 g/mol. The number of hydrogen-bond acceptors (Lipinski definition) is 4. The quantitative estimate of drug-likeness (QED) is 0.543. The van der Waals surface area contributed by atoms with Crippen LogP contribution in [0.15, 0.2) is 61.2 Å². The minimum atomic E-state index is -0.0276. The standard InChI is InChI=1S/C28H36N4O2/c1-31-14-4-2-6-17-34-27-11-10-25(20-26(27)19-23-8-7-9-24(18-23)21-31)28(33)30-12-3-5-15-32-16-13-29-22-32/h7-11,13,16,18,20,22H,2-6,12,14-15,17,19,21H2,1H3,(H,30,33). The van der Waals surface area contributed by atoms with Crippen LogP contribution in [-0.2, 0) is 19.5 Å². The third-order valence-electron chi connectivity index (χ3n) is 6.29. The zero-order valence-corrected chi connectivity index (χ0v) is 20.2. The fraction of sp³-hybridized carbons (Fsp3) is 0.429. The maximum Gasteiger partial charge on any atom is 0.251 e. The Morgan fingerprint density at radius 1 is 1.09 bits per heavy atom. The molecule has 180 valence electrons. The van der Waals surface area contributed by atoms with Gasteiger partial charge in [0.15, 0.2) is 0 Å². The van der Waals surface area contributed by atoms with E-state index in [9.17, 15) is 4.79 Å². The van der Waals surface area contributed by atoms with Crippen molar-refractivity contribution in [1.82, 2.24) is 19.8 Å². The lowest BCUT2D eigenvalue weighted by Gasteiger charge is -2.19. The van der Waals surface area contributed by atoms with Crippen LogP contribution in [0.1, 0.15) is 59.2 Å². The van der Waals surface area contributed by atoms with E-state index in [1.165, 1.54) is 17.5 Å². The van der Waals surface area contributed by atoms with Crippen molar-refractivity contribution in [2.45, 2.75) is 51.6 Å². The molecular formula is C28H36N4O2. The molecule has 4 rings (SSSR count). The van der Waals surface area contributed by atoms with Crippen molar-refractivity contribution in [2.24, 2.45) is 0 Å². The summed E-state index contributed by atoms with van der Waals surface area (Å²) in [5.41, 5.74) is 4.32. The van der Waals surface area contributed by atoms with Crippen LogP contribution in [0.3, 0.4) is 0 Å². The van der Waals surface area contributed by atoms with E-state index in [4.69, 9.17) is 4.74 Å². The molecule has 0 spiro atoms. The summed E-state index contributed by atoms with van der Waals surface area (Å²) in [6.45, 7) is 4.35. The number of fused-ring (bicyclic) bond motifs is 3. The Balaban J connectivity index is 1.42. The zero-order chi connectivity index (χ0) is 23.6. The highest BCUT2D eigenvalue weighted by Gasteiger charge is 2.13. The molecule has 2 heterocycles. The van der Waals surface area contributed by atoms with Gasteiger partial charge in [0.05, 0.1) is 12.9 Å². The Labute approximate surface area is 203 Å². The molecule has 0 unspecified atom stereocenters. The summed E-state index contributed by atoms with van der Waals surface area (Å²) < 4.78 is 8.22. The van der Waals surface area contributed by atoms with Gasteiger partial charge < -0.3 is 19.5 Å². The molecule has 0 fully saturated rings. The van der Waals surface area contributed by atoms with E-state index in [1.807, 2.05) is 30.7 Å². The number of ether oxygens (including phenoxy) is 1. The summed E-state index contributed by atoms with van der Waals surface area (Å²) in [7, 11) is 2.19. The lowest BCUT2D eigenvalue weighted by atomic mass is 9.99. The van der Waals surface area contributed by atoms with Gasteiger partial charge in [-0.2, -0.15) is 0 Å². The van der Waals surface area contributed by atoms with Crippen LogP contribution in [0.5, 0.6) is 5.75 Å². The summed E-state index contributed by atoms with van der Waals surface area (Å²) in [6.07, 6.45) is 11.6. The molecule has 2 aromatic carbocycles. The summed E-state index contributed by atoms with van der Waals surface area (Å²) in [4.78, 5) is 19.3. The summed E-state index contributed by atoms with van der Waals surface area (Å²) in [5, 5.41) is 3.07. The molecule has 1 aliphatic heterocycles. The second-order valence-corrected chi connectivity index (χ2v) is 9.23. The van der Waals surface area contributed by atoms with Crippen molar-refractivity contribution in [2.75, 3.05) is 26.7 Å². The highest BCUT2D eigenvalue weighted by atomic mass is 16.5. The van der Waals surface area contributed by atoms with Gasteiger partial charge in [-0.1, -0.05) is 24.3 Å². The number of carbonyl (C=O) groups is 1. The second-order valence-electron chi connectivity index (χ2n) is 9.23. The van der Waals surface area contributed by atoms with Gasteiger partial charge in [0.25, 0.3) is 5.91 Å². The fourth-order valence-electron chi connectivity index (χ4n) is 4.43. The number of nitrogens with zero attached hydrogens (tertiary/aromatic N) is 3. The van der Waals surface area contributed by atoms with Crippen molar-refractivity contribution < 1.29 is 9.53 Å². The van der Waals surface area contributed by atoms with E-state index < -0.39 is 0 Å². The Morgan fingerprint density at radius 2 is 2.00 bits per heavy atom. The van der Waals surface area contributed by atoms with Crippen molar-refractivity contribution in [1.29, 1.82) is 0 Å². The molecule has 0 saturated heterocycles. The molecule has 1 aromatic heterocycles. The maximum absolute atomic E-state index is 12.8. The SMILES string of the molecule is CN1CCCCCOc2ccc(C(=O)NCCCCn3ccnc3)cc2Cc2cccc(c2)C1. The van der Waals surface area contributed by atoms with E-state index >= 15 is 0 Å². The van der Waals surface area contributed by atoms with Gasteiger partial charge in [-0.05, 0) is 80.6 Å². The number of carbonyl (C=O) groups excluding carboxylic acids is 1. The van der Waals surface area contributed by atoms with E-state index in [-0.39, 0.29) is 5.91 Å². The number of aromatic nitrogens is 2. The van der Waals surface area contributed by atoms with Gasteiger partial charge in [-0.3, -0.25) is 4.79 Å². The zero-order valence-electron chi connectivity index (χ0n) is 20.2. The summed E-state index contributed by atoms with van der Waals surface area (Å²) >= 11 is 0. The first-order chi connectivity index (χ1) is 16.7. The number of rotatable bonds is 6. The van der Waals surface area contributed by atoms with Gasteiger partial charge in [0.1, 0.15) is 5.75 Å². The fourth-order valence-corrected chi connectivity index (χ4v) is 4.43. The minimum absolute atomic E-state index is 0.0276.